The van der Waals surface area contributed by atoms with Gasteiger partial charge in [0.05, 0.1) is 0 Å². The fourth-order valence-corrected chi connectivity index (χ4v) is 4.00. The second kappa shape index (κ2) is 5.64. The summed E-state index contributed by atoms with van der Waals surface area (Å²) in [6, 6.07) is 21.4. The van der Waals surface area contributed by atoms with Crippen molar-refractivity contribution in [3.05, 3.63) is 89.7 Å². The molecule has 1 aromatic heterocycles. The Morgan fingerprint density at radius 1 is 0.783 bits per heavy atom. The molecule has 1 N–H and O–H groups in total. The fraction of sp³-hybridized carbons (Fsp3) is 0.190. The van der Waals surface area contributed by atoms with Crippen molar-refractivity contribution in [2.75, 3.05) is 6.61 Å². The molecule has 4 rings (SSSR count). The van der Waals surface area contributed by atoms with E-state index in [0.717, 1.165) is 12.8 Å². The van der Waals surface area contributed by atoms with Crippen molar-refractivity contribution in [1.29, 1.82) is 0 Å². The number of aliphatic hydroxyl groups is 1. The number of hydrogen-bond acceptors (Lipinski definition) is 2. The van der Waals surface area contributed by atoms with Crippen LogP contribution in [0.5, 0.6) is 0 Å². The molecule has 0 unspecified atom stereocenters. The van der Waals surface area contributed by atoms with Gasteiger partial charge < -0.3 is 5.11 Å². The van der Waals surface area contributed by atoms with Gasteiger partial charge in [-0.3, -0.25) is 4.98 Å². The molecular weight excluding hydrogens is 282 g/mol. The van der Waals surface area contributed by atoms with Crippen molar-refractivity contribution < 1.29 is 5.11 Å². The van der Waals surface area contributed by atoms with Gasteiger partial charge in [0.15, 0.2) is 0 Å². The van der Waals surface area contributed by atoms with Crippen molar-refractivity contribution >= 4 is 0 Å². The predicted octanol–water partition coefficient (Wildman–Crippen LogP) is 3.97. The number of fused-ring (bicyclic) bond motifs is 3. The molecule has 2 nitrogen and oxygen atoms in total. The highest BCUT2D eigenvalue weighted by atomic mass is 16.3. The quantitative estimate of drug-likeness (QED) is 0.791. The van der Waals surface area contributed by atoms with E-state index in [1.807, 2.05) is 12.4 Å². The Kier molecular flexibility index (Phi) is 3.47. The van der Waals surface area contributed by atoms with E-state index in [1.54, 1.807) is 0 Å². The Morgan fingerprint density at radius 2 is 1.35 bits per heavy atom. The first-order valence-corrected chi connectivity index (χ1v) is 8.04. The minimum absolute atomic E-state index is 0.163. The van der Waals surface area contributed by atoms with Crippen molar-refractivity contribution in [3.8, 4) is 11.1 Å². The van der Waals surface area contributed by atoms with Gasteiger partial charge in [0.25, 0.3) is 0 Å². The number of benzene rings is 2. The first-order chi connectivity index (χ1) is 11.3. The molecule has 0 radical (unpaired) electrons. The van der Waals surface area contributed by atoms with Crippen LogP contribution in [-0.2, 0) is 11.8 Å². The Bertz CT molecular complexity index is 781. The summed E-state index contributed by atoms with van der Waals surface area (Å²) in [4.78, 5) is 4.13. The van der Waals surface area contributed by atoms with Crippen molar-refractivity contribution in [1.82, 2.24) is 4.98 Å². The zero-order chi connectivity index (χ0) is 15.7. The summed E-state index contributed by atoms with van der Waals surface area (Å²) in [6.07, 6.45) is 5.29. The van der Waals surface area contributed by atoms with Gasteiger partial charge >= 0.3 is 0 Å². The molecule has 2 aromatic carbocycles. The first-order valence-electron chi connectivity index (χ1n) is 8.04. The molecular formula is C21H19NO. The summed E-state index contributed by atoms with van der Waals surface area (Å²) < 4.78 is 0. The average Bonchev–Trinajstić information content (AvgIpc) is 2.88. The topological polar surface area (TPSA) is 33.1 Å². The normalized spacial score (nSPS) is 14.3. The third-order valence-electron chi connectivity index (χ3n) is 4.97. The van der Waals surface area contributed by atoms with Crippen molar-refractivity contribution in [2.24, 2.45) is 0 Å². The van der Waals surface area contributed by atoms with Crippen LogP contribution in [0, 0.1) is 0 Å². The van der Waals surface area contributed by atoms with Crippen LogP contribution in [0.3, 0.4) is 0 Å². The highest BCUT2D eigenvalue weighted by Crippen LogP contribution is 2.52. The number of hydrogen-bond donors (Lipinski definition) is 1. The number of aromatic nitrogens is 1. The molecule has 1 heterocycles. The summed E-state index contributed by atoms with van der Waals surface area (Å²) >= 11 is 0. The number of rotatable bonds is 4. The van der Waals surface area contributed by atoms with Crippen LogP contribution >= 0.6 is 0 Å². The molecule has 1 aliphatic rings. The highest BCUT2D eigenvalue weighted by molar-refractivity contribution is 5.81. The lowest BCUT2D eigenvalue weighted by molar-refractivity contribution is 0.254. The zero-order valence-electron chi connectivity index (χ0n) is 12.9. The van der Waals surface area contributed by atoms with Gasteiger partial charge in [-0.15, -0.1) is 0 Å². The smallest absolute Gasteiger partial charge is 0.0442 e. The first kappa shape index (κ1) is 14.2. The third-order valence-corrected chi connectivity index (χ3v) is 4.97. The maximum absolute atomic E-state index is 9.81. The third kappa shape index (κ3) is 2.18. The van der Waals surface area contributed by atoms with E-state index >= 15 is 0 Å². The molecule has 3 aromatic rings. The van der Waals surface area contributed by atoms with Crippen LogP contribution in [0.1, 0.15) is 23.1 Å². The molecule has 23 heavy (non-hydrogen) atoms. The van der Waals surface area contributed by atoms with Crippen LogP contribution < -0.4 is 0 Å². The van der Waals surface area contributed by atoms with Crippen LogP contribution in [-0.4, -0.2) is 16.7 Å². The van der Waals surface area contributed by atoms with Crippen LogP contribution in [0.25, 0.3) is 11.1 Å². The molecule has 0 saturated carbocycles. The molecule has 0 fully saturated rings. The molecule has 0 bridgehead atoms. The van der Waals surface area contributed by atoms with Crippen molar-refractivity contribution in [3.63, 3.8) is 0 Å². The lowest BCUT2D eigenvalue weighted by atomic mass is 9.71. The van der Waals surface area contributed by atoms with Gasteiger partial charge in [-0.25, -0.2) is 0 Å². The second-order valence-corrected chi connectivity index (χ2v) is 6.18. The Morgan fingerprint density at radius 3 is 1.91 bits per heavy atom. The van der Waals surface area contributed by atoms with Gasteiger partial charge in [-0.1, -0.05) is 48.5 Å². The maximum Gasteiger partial charge on any atom is 0.0442 e. The van der Waals surface area contributed by atoms with E-state index in [-0.39, 0.29) is 12.0 Å². The average molecular weight is 301 g/mol. The lowest BCUT2D eigenvalue weighted by Gasteiger charge is -2.32. The second-order valence-electron chi connectivity index (χ2n) is 6.18. The number of nitrogens with zero attached hydrogens (tertiary/aromatic N) is 1. The van der Waals surface area contributed by atoms with E-state index in [9.17, 15) is 5.11 Å². The van der Waals surface area contributed by atoms with Gasteiger partial charge in [-0.05, 0) is 52.8 Å². The Labute approximate surface area is 136 Å². The standard InChI is InChI=1S/C21H19NO/c23-14-11-21(15-16-9-12-22-13-10-16)19-7-3-1-5-17(19)18-6-2-4-8-20(18)21/h1-10,12-13,23H,11,14-15H2. The Hall–Kier alpha value is -2.45. The largest absolute Gasteiger partial charge is 0.396 e. The molecule has 1 aliphatic carbocycles. The van der Waals surface area contributed by atoms with E-state index in [4.69, 9.17) is 0 Å². The number of pyridine rings is 1. The molecule has 0 aliphatic heterocycles. The maximum atomic E-state index is 9.81. The van der Waals surface area contributed by atoms with E-state index in [0.29, 0.717) is 0 Å². The van der Waals surface area contributed by atoms with Crippen molar-refractivity contribution in [2.45, 2.75) is 18.3 Å². The zero-order valence-corrected chi connectivity index (χ0v) is 12.9. The van der Waals surface area contributed by atoms with Gasteiger partial charge in [0, 0.05) is 24.4 Å². The van der Waals surface area contributed by atoms with Gasteiger partial charge in [0.1, 0.15) is 0 Å². The molecule has 0 spiro atoms. The monoisotopic (exact) mass is 301 g/mol. The summed E-state index contributed by atoms with van der Waals surface area (Å²) in [7, 11) is 0. The molecule has 0 atom stereocenters. The predicted molar refractivity (Wildman–Crippen MR) is 92.3 cm³/mol. The van der Waals surface area contributed by atoms with Crippen LogP contribution in [0.15, 0.2) is 73.1 Å². The highest BCUT2D eigenvalue weighted by Gasteiger charge is 2.42. The summed E-state index contributed by atoms with van der Waals surface area (Å²) in [5, 5.41) is 9.81. The Balaban J connectivity index is 1.94. The summed E-state index contributed by atoms with van der Waals surface area (Å²) in [5.41, 5.74) is 6.33. The number of aliphatic hydroxyl groups excluding tert-OH is 1. The summed E-state index contributed by atoms with van der Waals surface area (Å²) in [5.74, 6) is 0. The molecule has 0 amide bonds. The van der Waals surface area contributed by atoms with E-state index in [2.05, 4.69) is 65.6 Å². The minimum Gasteiger partial charge on any atom is -0.396 e. The van der Waals surface area contributed by atoms with Crippen LogP contribution in [0.2, 0.25) is 0 Å². The molecule has 0 saturated heterocycles. The fourth-order valence-electron chi connectivity index (χ4n) is 4.00. The van der Waals surface area contributed by atoms with Gasteiger partial charge in [0.2, 0.25) is 0 Å². The molecule has 2 heteroatoms. The molecule has 114 valence electrons. The van der Waals surface area contributed by atoms with E-state index < -0.39 is 0 Å². The van der Waals surface area contributed by atoms with Gasteiger partial charge in [-0.2, -0.15) is 0 Å². The SMILES string of the molecule is OCCC1(Cc2ccncc2)c2ccccc2-c2ccccc21. The summed E-state index contributed by atoms with van der Waals surface area (Å²) in [6.45, 7) is 0.174. The van der Waals surface area contributed by atoms with Crippen LogP contribution in [0.4, 0.5) is 0 Å². The minimum atomic E-state index is -0.163. The van der Waals surface area contributed by atoms with E-state index in [1.165, 1.54) is 27.8 Å². The lowest BCUT2D eigenvalue weighted by Crippen LogP contribution is -2.29.